The summed E-state index contributed by atoms with van der Waals surface area (Å²) in [7, 11) is 1.54. The lowest BCUT2D eigenvalue weighted by molar-refractivity contribution is -0.119. The number of rotatable bonds is 6. The smallest absolute Gasteiger partial charge is 0.255 e. The number of carbonyl (C=O) groups excluding carboxylic acids is 1. The van der Waals surface area contributed by atoms with Crippen molar-refractivity contribution in [2.75, 3.05) is 20.3 Å². The van der Waals surface area contributed by atoms with Crippen LogP contribution in [0.4, 0.5) is 0 Å². The van der Waals surface area contributed by atoms with E-state index in [0.29, 0.717) is 18.0 Å². The monoisotopic (exact) mass is 224 g/mol. The van der Waals surface area contributed by atoms with Crippen molar-refractivity contribution >= 4 is 5.91 Å². The molecule has 0 aliphatic carbocycles. The Bertz CT molecular complexity index is 366. The number of hydrogen-bond acceptors (Lipinski definition) is 4. The number of methoxy groups -OCH3 is 1. The summed E-state index contributed by atoms with van der Waals surface area (Å²) in [6.07, 6.45) is 0.747. The van der Waals surface area contributed by atoms with Gasteiger partial charge < -0.3 is 20.9 Å². The van der Waals surface area contributed by atoms with Gasteiger partial charge in [0, 0.05) is 0 Å². The van der Waals surface area contributed by atoms with E-state index in [4.69, 9.17) is 20.9 Å². The number of ether oxygens (including phenoxy) is 2. The summed E-state index contributed by atoms with van der Waals surface area (Å²) in [6, 6.07) is 5.48. The third-order valence-electron chi connectivity index (χ3n) is 2.03. The quantitative estimate of drug-likeness (QED) is 0.715. The Morgan fingerprint density at radius 1 is 1.38 bits per heavy atom. The molecular formula is C11H16N2O3. The lowest BCUT2D eigenvalue weighted by Crippen LogP contribution is -2.20. The van der Waals surface area contributed by atoms with Crippen molar-refractivity contribution in [1.82, 2.24) is 0 Å². The van der Waals surface area contributed by atoms with Gasteiger partial charge in [0.25, 0.3) is 5.91 Å². The molecule has 1 aromatic rings. The van der Waals surface area contributed by atoms with E-state index in [1.807, 2.05) is 6.07 Å². The van der Waals surface area contributed by atoms with Crippen molar-refractivity contribution in [2.24, 2.45) is 11.5 Å². The van der Waals surface area contributed by atoms with E-state index in [1.165, 1.54) is 7.11 Å². The molecule has 0 spiro atoms. The molecule has 0 atom stereocenters. The Morgan fingerprint density at radius 3 is 2.69 bits per heavy atom. The SMILES string of the molecule is COc1ccc(CCN)cc1OCC(N)=O. The molecule has 5 heteroatoms. The molecule has 0 aliphatic heterocycles. The normalized spacial score (nSPS) is 9.88. The fraction of sp³-hybridized carbons (Fsp3) is 0.364. The van der Waals surface area contributed by atoms with Crippen molar-refractivity contribution in [3.05, 3.63) is 23.8 Å². The molecule has 0 radical (unpaired) electrons. The van der Waals surface area contributed by atoms with E-state index in [2.05, 4.69) is 0 Å². The van der Waals surface area contributed by atoms with Crippen molar-refractivity contribution < 1.29 is 14.3 Å². The van der Waals surface area contributed by atoms with Crippen molar-refractivity contribution in [3.63, 3.8) is 0 Å². The molecule has 1 aromatic carbocycles. The van der Waals surface area contributed by atoms with Crippen LogP contribution < -0.4 is 20.9 Å². The van der Waals surface area contributed by atoms with Gasteiger partial charge in [0.05, 0.1) is 7.11 Å². The average Bonchev–Trinajstić information content (AvgIpc) is 2.27. The van der Waals surface area contributed by atoms with Crippen LogP contribution in [0, 0.1) is 0 Å². The van der Waals surface area contributed by atoms with Crippen LogP contribution in [0.5, 0.6) is 11.5 Å². The molecule has 88 valence electrons. The number of amides is 1. The Labute approximate surface area is 94.3 Å². The Morgan fingerprint density at radius 2 is 2.12 bits per heavy atom. The molecule has 0 bridgehead atoms. The van der Waals surface area contributed by atoms with Gasteiger partial charge in [-0.2, -0.15) is 0 Å². The van der Waals surface area contributed by atoms with Crippen LogP contribution in [-0.2, 0) is 11.2 Å². The second-order valence-corrected chi connectivity index (χ2v) is 3.28. The molecule has 0 saturated heterocycles. The summed E-state index contributed by atoms with van der Waals surface area (Å²) in [5, 5.41) is 0. The first-order valence-corrected chi connectivity index (χ1v) is 4.95. The number of hydrogen-bond donors (Lipinski definition) is 2. The Hall–Kier alpha value is -1.75. The second kappa shape index (κ2) is 5.97. The van der Waals surface area contributed by atoms with Gasteiger partial charge in [0.15, 0.2) is 18.1 Å². The summed E-state index contributed by atoms with van der Waals surface area (Å²) in [5.41, 5.74) is 11.5. The summed E-state index contributed by atoms with van der Waals surface area (Å²) in [5.74, 6) is 0.556. The van der Waals surface area contributed by atoms with Crippen LogP contribution in [0.15, 0.2) is 18.2 Å². The number of nitrogens with two attached hydrogens (primary N) is 2. The van der Waals surface area contributed by atoms with Crippen LogP contribution in [0.3, 0.4) is 0 Å². The third kappa shape index (κ3) is 3.43. The minimum Gasteiger partial charge on any atom is -0.493 e. The van der Waals surface area contributed by atoms with Crippen LogP contribution in [0.25, 0.3) is 0 Å². The molecule has 0 aromatic heterocycles. The highest BCUT2D eigenvalue weighted by atomic mass is 16.5. The van der Waals surface area contributed by atoms with Gasteiger partial charge in [0.1, 0.15) is 0 Å². The number of carbonyl (C=O) groups is 1. The molecule has 0 heterocycles. The zero-order valence-electron chi connectivity index (χ0n) is 9.23. The largest absolute Gasteiger partial charge is 0.493 e. The molecule has 0 unspecified atom stereocenters. The molecule has 1 amide bonds. The maximum atomic E-state index is 10.6. The summed E-state index contributed by atoms with van der Waals surface area (Å²) in [6.45, 7) is 0.393. The van der Waals surface area contributed by atoms with Gasteiger partial charge in [-0.15, -0.1) is 0 Å². The lowest BCUT2D eigenvalue weighted by Gasteiger charge is -2.10. The maximum Gasteiger partial charge on any atom is 0.255 e. The lowest BCUT2D eigenvalue weighted by atomic mass is 10.1. The predicted octanol–water partition coefficient (Wildman–Crippen LogP) is 0.0605. The summed E-state index contributed by atoms with van der Waals surface area (Å²) < 4.78 is 10.3. The van der Waals surface area contributed by atoms with Gasteiger partial charge in [-0.05, 0) is 30.7 Å². The fourth-order valence-electron chi connectivity index (χ4n) is 1.30. The fourth-order valence-corrected chi connectivity index (χ4v) is 1.30. The van der Waals surface area contributed by atoms with Crippen LogP contribution in [-0.4, -0.2) is 26.2 Å². The topological polar surface area (TPSA) is 87.6 Å². The Kier molecular flexibility index (Phi) is 4.60. The van der Waals surface area contributed by atoms with Gasteiger partial charge in [-0.3, -0.25) is 4.79 Å². The molecule has 16 heavy (non-hydrogen) atoms. The molecule has 1 rings (SSSR count). The zero-order valence-corrected chi connectivity index (χ0v) is 9.23. The standard InChI is InChI=1S/C11H16N2O3/c1-15-9-3-2-8(4-5-12)6-10(9)16-7-11(13)14/h2-3,6H,4-5,7,12H2,1H3,(H2,13,14). The maximum absolute atomic E-state index is 10.6. The van der Waals surface area contributed by atoms with E-state index in [1.54, 1.807) is 12.1 Å². The molecule has 5 nitrogen and oxygen atoms in total. The third-order valence-corrected chi connectivity index (χ3v) is 2.03. The van der Waals surface area contributed by atoms with Crippen LogP contribution >= 0.6 is 0 Å². The van der Waals surface area contributed by atoms with E-state index in [-0.39, 0.29) is 6.61 Å². The highest BCUT2D eigenvalue weighted by molar-refractivity contribution is 5.75. The summed E-state index contributed by atoms with van der Waals surface area (Å²) in [4.78, 5) is 10.6. The van der Waals surface area contributed by atoms with Crippen molar-refractivity contribution in [1.29, 1.82) is 0 Å². The highest BCUT2D eigenvalue weighted by Crippen LogP contribution is 2.28. The second-order valence-electron chi connectivity index (χ2n) is 3.28. The molecular weight excluding hydrogens is 208 g/mol. The number of primary amides is 1. The first-order chi connectivity index (χ1) is 7.67. The average molecular weight is 224 g/mol. The Balaban J connectivity index is 2.83. The highest BCUT2D eigenvalue weighted by Gasteiger charge is 2.06. The van der Waals surface area contributed by atoms with E-state index >= 15 is 0 Å². The van der Waals surface area contributed by atoms with Gasteiger partial charge in [-0.25, -0.2) is 0 Å². The zero-order chi connectivity index (χ0) is 12.0. The van der Waals surface area contributed by atoms with E-state index in [9.17, 15) is 4.79 Å². The molecule has 0 fully saturated rings. The predicted molar refractivity (Wildman–Crippen MR) is 60.4 cm³/mol. The number of benzene rings is 1. The van der Waals surface area contributed by atoms with Crippen LogP contribution in [0.1, 0.15) is 5.56 Å². The van der Waals surface area contributed by atoms with Crippen LogP contribution in [0.2, 0.25) is 0 Å². The minimum absolute atomic E-state index is 0.164. The van der Waals surface area contributed by atoms with Gasteiger partial charge in [0.2, 0.25) is 0 Å². The first-order valence-electron chi connectivity index (χ1n) is 4.95. The molecule has 4 N–H and O–H groups in total. The molecule has 0 saturated carbocycles. The molecule has 0 aliphatic rings. The van der Waals surface area contributed by atoms with E-state index < -0.39 is 5.91 Å². The van der Waals surface area contributed by atoms with Gasteiger partial charge in [-0.1, -0.05) is 6.07 Å². The summed E-state index contributed by atoms with van der Waals surface area (Å²) >= 11 is 0. The first kappa shape index (κ1) is 12.3. The van der Waals surface area contributed by atoms with Gasteiger partial charge >= 0.3 is 0 Å². The van der Waals surface area contributed by atoms with Crippen molar-refractivity contribution in [2.45, 2.75) is 6.42 Å². The minimum atomic E-state index is -0.522. The van der Waals surface area contributed by atoms with E-state index in [0.717, 1.165) is 12.0 Å². The van der Waals surface area contributed by atoms with Crippen molar-refractivity contribution in [3.8, 4) is 11.5 Å².